The van der Waals surface area contributed by atoms with Crippen molar-refractivity contribution >= 4 is 8.32 Å². The third-order valence-electron chi connectivity index (χ3n) is 5.42. The Bertz CT molecular complexity index is 806. The molecule has 6 heteroatoms. The van der Waals surface area contributed by atoms with Crippen molar-refractivity contribution in [3.05, 3.63) is 91.0 Å². The molecule has 176 valence electrons. The number of hydrogen-bond donors (Lipinski definition) is 0. The van der Waals surface area contributed by atoms with Crippen molar-refractivity contribution < 1.29 is 31.1 Å². The fraction of sp³-hybridized carbons (Fsp3) is 0.333. The Labute approximate surface area is 205 Å². The molecule has 0 aliphatic heterocycles. The molecular formula is C27H36O4SiTi. The van der Waals surface area contributed by atoms with Gasteiger partial charge in [-0.05, 0) is 0 Å². The van der Waals surface area contributed by atoms with Gasteiger partial charge >= 0.3 is 206 Å². The molecule has 0 spiro atoms. The number of para-hydroxylation sites is 3. The predicted molar refractivity (Wildman–Crippen MR) is 133 cm³/mol. The molecule has 4 nitrogen and oxygen atoms in total. The van der Waals surface area contributed by atoms with Gasteiger partial charge in [0.2, 0.25) is 0 Å². The van der Waals surface area contributed by atoms with Crippen LogP contribution in [0.2, 0.25) is 18.1 Å². The second-order valence-corrected chi connectivity index (χ2v) is 15.8. The van der Waals surface area contributed by atoms with Crippen LogP contribution >= 0.6 is 0 Å². The molecule has 0 aliphatic carbocycles. The van der Waals surface area contributed by atoms with E-state index in [9.17, 15) is 0 Å². The molecule has 0 radical (unpaired) electrons. The van der Waals surface area contributed by atoms with E-state index in [1.54, 1.807) is 0 Å². The van der Waals surface area contributed by atoms with Crippen LogP contribution in [0.3, 0.4) is 0 Å². The van der Waals surface area contributed by atoms with Crippen molar-refractivity contribution in [2.75, 3.05) is 0 Å². The summed E-state index contributed by atoms with van der Waals surface area (Å²) in [6, 6.07) is 32.5. The molecule has 0 aliphatic rings. The summed E-state index contributed by atoms with van der Waals surface area (Å²) < 4.78 is 27.2. The molecule has 0 atom stereocenters. The van der Waals surface area contributed by atoms with E-state index in [-0.39, 0.29) is 0 Å². The summed E-state index contributed by atoms with van der Waals surface area (Å²) in [6.07, 6.45) is 3.23. The van der Waals surface area contributed by atoms with Gasteiger partial charge in [-0.1, -0.05) is 0 Å². The van der Waals surface area contributed by atoms with Crippen LogP contribution < -0.4 is 9.96 Å². The number of hydrogen-bond acceptors (Lipinski definition) is 4. The standard InChI is InChI=1S/C9H21OSi.3C6H6O.Ti/c1-4-7-11(10,8-5-2)9-6-3;3*7-6-4-2-1-3-5-6;/h4-9H2,1-3H3;3*1-5,7H;/q-1;;;;+4/p-3. The quantitative estimate of drug-likeness (QED) is 0.209. The fourth-order valence-electron chi connectivity index (χ4n) is 4.18. The van der Waals surface area contributed by atoms with Crippen LogP contribution in [0.4, 0.5) is 0 Å². The Morgan fingerprint density at radius 1 is 0.515 bits per heavy atom. The maximum absolute atomic E-state index is 7.22. The van der Waals surface area contributed by atoms with Crippen molar-refractivity contribution in [3.63, 3.8) is 0 Å². The monoisotopic (exact) mass is 500 g/mol. The minimum atomic E-state index is -4.39. The van der Waals surface area contributed by atoms with E-state index in [4.69, 9.17) is 13.0 Å². The Kier molecular flexibility index (Phi) is 10.1. The molecule has 3 aromatic carbocycles. The maximum atomic E-state index is 7.22. The van der Waals surface area contributed by atoms with E-state index in [2.05, 4.69) is 20.8 Å². The third kappa shape index (κ3) is 7.75. The minimum absolute atomic E-state index is 0.705. The molecule has 0 amide bonds. The van der Waals surface area contributed by atoms with E-state index >= 15 is 0 Å². The first-order chi connectivity index (χ1) is 16.1. The molecule has 3 rings (SSSR count). The summed E-state index contributed by atoms with van der Waals surface area (Å²) in [6.45, 7) is 6.71. The predicted octanol–water partition coefficient (Wildman–Crippen LogP) is 8.23. The second-order valence-electron chi connectivity index (χ2n) is 8.28. The molecule has 33 heavy (non-hydrogen) atoms. The number of rotatable bonds is 14. The normalized spacial score (nSPS) is 11.7. The van der Waals surface area contributed by atoms with Gasteiger partial charge in [-0.15, -0.1) is 0 Å². The van der Waals surface area contributed by atoms with Crippen molar-refractivity contribution in [2.24, 2.45) is 0 Å². The summed E-state index contributed by atoms with van der Waals surface area (Å²) in [4.78, 5) is 0. The first-order valence-corrected chi connectivity index (χ1v) is 17.1. The van der Waals surface area contributed by atoms with Crippen molar-refractivity contribution in [1.82, 2.24) is 0 Å². The van der Waals surface area contributed by atoms with Crippen LogP contribution in [-0.2, 0) is 21.1 Å². The van der Waals surface area contributed by atoms with E-state index in [0.29, 0.717) is 17.2 Å². The van der Waals surface area contributed by atoms with E-state index in [1.165, 1.54) is 0 Å². The summed E-state index contributed by atoms with van der Waals surface area (Å²) in [5.74, 6) is 2.12. The topological polar surface area (TPSA) is 36.9 Å². The molecule has 0 unspecified atom stereocenters. The van der Waals surface area contributed by atoms with Crippen LogP contribution in [0.5, 0.6) is 17.2 Å². The Balaban J connectivity index is 2.10. The average molecular weight is 501 g/mol. The van der Waals surface area contributed by atoms with Gasteiger partial charge in [0, 0.05) is 0 Å². The van der Waals surface area contributed by atoms with Crippen LogP contribution in [0.25, 0.3) is 0 Å². The summed E-state index contributed by atoms with van der Waals surface area (Å²) in [5, 5.41) is 0. The average Bonchev–Trinajstić information content (AvgIpc) is 2.81. The SMILES string of the molecule is CCC[Si](CCC)(CCC)[O][Ti]([O]c1ccccc1)([O]c1ccccc1)[O]c1ccccc1. The van der Waals surface area contributed by atoms with Gasteiger partial charge < -0.3 is 0 Å². The zero-order chi connectivity index (χ0) is 23.4. The van der Waals surface area contributed by atoms with Gasteiger partial charge in [0.1, 0.15) is 0 Å². The zero-order valence-corrected chi connectivity index (χ0v) is 22.6. The molecule has 0 N–H and O–H groups in total. The Morgan fingerprint density at radius 3 is 1.09 bits per heavy atom. The summed E-state index contributed by atoms with van der Waals surface area (Å²) >= 11 is -4.39. The Hall–Kier alpha value is -2.05. The van der Waals surface area contributed by atoms with Crippen LogP contribution in [0.1, 0.15) is 40.0 Å². The van der Waals surface area contributed by atoms with Gasteiger partial charge in [0.25, 0.3) is 0 Å². The molecular weight excluding hydrogens is 464 g/mol. The van der Waals surface area contributed by atoms with Crippen molar-refractivity contribution in [3.8, 4) is 17.2 Å². The molecule has 0 fully saturated rings. The molecule has 0 saturated heterocycles. The molecule has 0 saturated carbocycles. The summed E-state index contributed by atoms with van der Waals surface area (Å²) in [5.41, 5.74) is 0. The third-order valence-corrected chi connectivity index (χ3v) is 15.8. The number of benzene rings is 3. The molecule has 0 bridgehead atoms. The molecule has 0 aromatic heterocycles. The zero-order valence-electron chi connectivity index (χ0n) is 20.0. The first kappa shape index (κ1) is 25.6. The van der Waals surface area contributed by atoms with E-state index < -0.39 is 26.5 Å². The fourth-order valence-corrected chi connectivity index (χ4v) is 15.3. The summed E-state index contributed by atoms with van der Waals surface area (Å²) in [7, 11) is -2.18. The van der Waals surface area contributed by atoms with Gasteiger partial charge in [-0.25, -0.2) is 0 Å². The first-order valence-electron chi connectivity index (χ1n) is 12.0. The van der Waals surface area contributed by atoms with Crippen molar-refractivity contribution in [1.29, 1.82) is 0 Å². The van der Waals surface area contributed by atoms with Crippen molar-refractivity contribution in [2.45, 2.75) is 58.2 Å². The molecule has 0 heterocycles. The van der Waals surface area contributed by atoms with Gasteiger partial charge in [-0.3, -0.25) is 0 Å². The van der Waals surface area contributed by atoms with Gasteiger partial charge in [-0.2, -0.15) is 0 Å². The van der Waals surface area contributed by atoms with E-state index in [1.807, 2.05) is 91.0 Å². The van der Waals surface area contributed by atoms with Gasteiger partial charge in [0.15, 0.2) is 0 Å². The van der Waals surface area contributed by atoms with Crippen LogP contribution in [0, 0.1) is 0 Å². The van der Waals surface area contributed by atoms with Gasteiger partial charge in [0.05, 0.1) is 0 Å². The van der Waals surface area contributed by atoms with Crippen LogP contribution in [0.15, 0.2) is 91.0 Å². The molecule has 3 aromatic rings. The Morgan fingerprint density at radius 2 is 0.818 bits per heavy atom. The second kappa shape index (κ2) is 13.0. The van der Waals surface area contributed by atoms with E-state index in [0.717, 1.165) is 37.4 Å². The van der Waals surface area contributed by atoms with Crippen LogP contribution in [-0.4, -0.2) is 8.32 Å².